The fourth-order valence-electron chi connectivity index (χ4n) is 0.501. The molecule has 0 saturated carbocycles. The summed E-state index contributed by atoms with van der Waals surface area (Å²) in [5.41, 5.74) is 0. The zero-order valence-corrected chi connectivity index (χ0v) is 6.98. The molecule has 0 heterocycles. The van der Waals surface area contributed by atoms with Crippen molar-refractivity contribution >= 4 is 21.9 Å². The van der Waals surface area contributed by atoms with E-state index >= 15 is 0 Å². The van der Waals surface area contributed by atoms with Crippen molar-refractivity contribution in [3.63, 3.8) is 0 Å². The van der Waals surface area contributed by atoms with Gasteiger partial charge in [-0.15, -0.1) is 0 Å². The van der Waals surface area contributed by atoms with Crippen molar-refractivity contribution in [1.29, 1.82) is 0 Å². The lowest BCUT2D eigenvalue weighted by molar-refractivity contribution is -0.304. The SMILES string of the molecule is CCCC[C@@H](Br)C(=O)[O-]. The second-order valence-corrected chi connectivity index (χ2v) is 3.03. The van der Waals surface area contributed by atoms with E-state index in [1.807, 2.05) is 6.92 Å². The van der Waals surface area contributed by atoms with Crippen LogP contribution in [0.4, 0.5) is 0 Å². The number of carboxylic acids is 1. The maximum Gasteiger partial charge on any atom is 0.0551 e. The number of unbranched alkanes of at least 4 members (excludes halogenated alkanes) is 1. The predicted molar refractivity (Wildman–Crippen MR) is 37.2 cm³/mol. The molecule has 1 atom stereocenters. The number of carbonyl (C=O) groups excluding carboxylic acids is 1. The van der Waals surface area contributed by atoms with Gasteiger partial charge in [-0.1, -0.05) is 35.7 Å². The van der Waals surface area contributed by atoms with Gasteiger partial charge >= 0.3 is 0 Å². The van der Waals surface area contributed by atoms with Crippen LogP contribution in [0.15, 0.2) is 0 Å². The van der Waals surface area contributed by atoms with Crippen LogP contribution in [0.3, 0.4) is 0 Å². The molecule has 0 fully saturated rings. The Labute approximate surface area is 63.4 Å². The highest BCUT2D eigenvalue weighted by Crippen LogP contribution is 2.07. The van der Waals surface area contributed by atoms with Gasteiger partial charge in [-0.2, -0.15) is 0 Å². The molecule has 0 rings (SSSR count). The number of carbonyl (C=O) groups is 1. The van der Waals surface area contributed by atoms with Crippen LogP contribution in [0.5, 0.6) is 0 Å². The molecule has 0 aromatic carbocycles. The largest absolute Gasteiger partial charge is 0.549 e. The molecular weight excluding hydrogens is 184 g/mol. The van der Waals surface area contributed by atoms with Crippen LogP contribution in [0.1, 0.15) is 26.2 Å². The minimum Gasteiger partial charge on any atom is -0.549 e. The Bertz CT molecular complexity index is 93.1. The smallest absolute Gasteiger partial charge is 0.0551 e. The molecule has 0 unspecified atom stereocenters. The van der Waals surface area contributed by atoms with Crippen LogP contribution in [-0.4, -0.2) is 10.8 Å². The van der Waals surface area contributed by atoms with Gasteiger partial charge in [0, 0.05) is 0 Å². The standard InChI is InChI=1S/C6H11BrO2/c1-2-3-4-5(7)6(8)9/h5H,2-4H2,1H3,(H,8,9)/p-1/t5-/m1/s1. The van der Waals surface area contributed by atoms with Crippen LogP contribution >= 0.6 is 15.9 Å². The van der Waals surface area contributed by atoms with Gasteiger partial charge in [0.15, 0.2) is 0 Å². The average Bonchev–Trinajstić information content (AvgIpc) is 1.82. The Balaban J connectivity index is 3.27. The Morgan fingerprint density at radius 3 is 2.67 bits per heavy atom. The molecule has 0 spiro atoms. The summed E-state index contributed by atoms with van der Waals surface area (Å²) in [7, 11) is 0. The highest BCUT2D eigenvalue weighted by molar-refractivity contribution is 9.10. The van der Waals surface area contributed by atoms with E-state index in [4.69, 9.17) is 0 Å². The van der Waals surface area contributed by atoms with Gasteiger partial charge in [-0.3, -0.25) is 0 Å². The second kappa shape index (κ2) is 4.79. The third-order valence-corrected chi connectivity index (χ3v) is 1.90. The molecular formula is C6H10BrO2-. The van der Waals surface area contributed by atoms with Crippen molar-refractivity contribution < 1.29 is 9.90 Å². The summed E-state index contributed by atoms with van der Waals surface area (Å²) in [6.07, 6.45) is 2.62. The van der Waals surface area contributed by atoms with Gasteiger partial charge in [-0.25, -0.2) is 0 Å². The molecule has 3 heteroatoms. The maximum atomic E-state index is 10.0. The fourth-order valence-corrected chi connectivity index (χ4v) is 0.825. The normalized spacial score (nSPS) is 13.1. The Morgan fingerprint density at radius 2 is 2.33 bits per heavy atom. The minimum atomic E-state index is -1.01. The topological polar surface area (TPSA) is 40.1 Å². The molecule has 0 aliphatic rings. The minimum absolute atomic E-state index is 0.461. The first kappa shape index (κ1) is 8.95. The van der Waals surface area contributed by atoms with Crippen molar-refractivity contribution in [2.45, 2.75) is 31.0 Å². The van der Waals surface area contributed by atoms with E-state index in [1.54, 1.807) is 0 Å². The third-order valence-electron chi connectivity index (χ3n) is 1.07. The van der Waals surface area contributed by atoms with E-state index in [2.05, 4.69) is 15.9 Å². The molecule has 0 aliphatic carbocycles. The lowest BCUT2D eigenvalue weighted by Crippen LogP contribution is -2.31. The van der Waals surface area contributed by atoms with Crippen LogP contribution in [0.2, 0.25) is 0 Å². The van der Waals surface area contributed by atoms with Crippen molar-refractivity contribution in [2.75, 3.05) is 0 Å². The monoisotopic (exact) mass is 193 g/mol. The van der Waals surface area contributed by atoms with Gasteiger partial charge in [-0.05, 0) is 6.42 Å². The number of hydrogen-bond acceptors (Lipinski definition) is 2. The van der Waals surface area contributed by atoms with E-state index < -0.39 is 10.8 Å². The fraction of sp³-hybridized carbons (Fsp3) is 0.833. The average molecular weight is 194 g/mol. The van der Waals surface area contributed by atoms with Crippen LogP contribution in [0, 0.1) is 0 Å². The van der Waals surface area contributed by atoms with Crippen molar-refractivity contribution in [3.8, 4) is 0 Å². The zero-order chi connectivity index (χ0) is 7.28. The van der Waals surface area contributed by atoms with Crippen LogP contribution in [0.25, 0.3) is 0 Å². The van der Waals surface area contributed by atoms with E-state index in [0.717, 1.165) is 12.8 Å². The summed E-state index contributed by atoms with van der Waals surface area (Å²) in [6, 6.07) is 0. The van der Waals surface area contributed by atoms with E-state index in [-0.39, 0.29) is 0 Å². The highest BCUT2D eigenvalue weighted by Gasteiger charge is 2.01. The molecule has 2 nitrogen and oxygen atoms in total. The molecule has 0 aliphatic heterocycles. The van der Waals surface area contributed by atoms with Gasteiger partial charge < -0.3 is 9.90 Å². The summed E-state index contributed by atoms with van der Waals surface area (Å²) in [5.74, 6) is -1.01. The third kappa shape index (κ3) is 4.45. The summed E-state index contributed by atoms with van der Waals surface area (Å²) >= 11 is 2.98. The van der Waals surface area contributed by atoms with Crippen molar-refractivity contribution in [2.24, 2.45) is 0 Å². The summed E-state index contributed by atoms with van der Waals surface area (Å²) < 4.78 is 0. The number of hydrogen-bond donors (Lipinski definition) is 0. The first-order valence-corrected chi connectivity index (χ1v) is 3.95. The van der Waals surface area contributed by atoms with Gasteiger partial charge in [0.1, 0.15) is 0 Å². The Hall–Kier alpha value is -0.0500. The Morgan fingerprint density at radius 1 is 1.78 bits per heavy atom. The van der Waals surface area contributed by atoms with Gasteiger partial charge in [0.2, 0.25) is 0 Å². The van der Waals surface area contributed by atoms with Crippen molar-refractivity contribution in [3.05, 3.63) is 0 Å². The maximum absolute atomic E-state index is 10.0. The molecule has 0 aromatic heterocycles. The number of rotatable bonds is 4. The first-order chi connectivity index (χ1) is 4.18. The highest BCUT2D eigenvalue weighted by atomic mass is 79.9. The lowest BCUT2D eigenvalue weighted by atomic mass is 10.2. The van der Waals surface area contributed by atoms with Gasteiger partial charge in [0.25, 0.3) is 0 Å². The van der Waals surface area contributed by atoms with Crippen molar-refractivity contribution in [1.82, 2.24) is 0 Å². The first-order valence-electron chi connectivity index (χ1n) is 3.03. The number of halogens is 1. The summed E-state index contributed by atoms with van der Waals surface area (Å²) in [6.45, 7) is 2.02. The van der Waals surface area contributed by atoms with Crippen LogP contribution in [-0.2, 0) is 4.79 Å². The molecule has 0 aromatic rings. The van der Waals surface area contributed by atoms with Gasteiger partial charge in [0.05, 0.1) is 10.8 Å². The summed E-state index contributed by atoms with van der Waals surface area (Å²) in [5, 5.41) is 10.0. The lowest BCUT2D eigenvalue weighted by Gasteiger charge is -2.08. The van der Waals surface area contributed by atoms with Crippen LogP contribution < -0.4 is 5.11 Å². The van der Waals surface area contributed by atoms with E-state index in [1.165, 1.54) is 0 Å². The molecule has 0 radical (unpaired) electrons. The Kier molecular flexibility index (Phi) is 4.77. The summed E-state index contributed by atoms with van der Waals surface area (Å²) in [4.78, 5) is 9.59. The predicted octanol–water partition coefficient (Wildman–Crippen LogP) is 0.690. The quantitative estimate of drug-likeness (QED) is 0.617. The molecule has 54 valence electrons. The number of carboxylic acid groups (broad SMARTS) is 1. The van der Waals surface area contributed by atoms with E-state index in [0.29, 0.717) is 6.42 Å². The molecule has 9 heavy (non-hydrogen) atoms. The van der Waals surface area contributed by atoms with E-state index in [9.17, 15) is 9.90 Å². The molecule has 0 bridgehead atoms. The molecule has 0 N–H and O–H groups in total. The molecule has 0 saturated heterocycles. The molecule has 0 amide bonds. The number of aliphatic carboxylic acids is 1. The number of alkyl halides is 1. The zero-order valence-electron chi connectivity index (χ0n) is 5.39. The second-order valence-electron chi connectivity index (χ2n) is 1.93.